The summed E-state index contributed by atoms with van der Waals surface area (Å²) in [6, 6.07) is 0. The molecule has 1 rings (SSSR count). The maximum atomic E-state index is 5.39. The molecule has 0 atom stereocenters. The van der Waals surface area contributed by atoms with E-state index in [9.17, 15) is 0 Å². The Morgan fingerprint density at radius 3 is 2.86 bits per heavy atom. The SMILES string of the molecule is Cc1[nH]ncc1CCCNCCCN. The summed E-state index contributed by atoms with van der Waals surface area (Å²) in [5, 5.41) is 10.3. The van der Waals surface area contributed by atoms with Crippen LogP contribution in [0.1, 0.15) is 24.1 Å². The van der Waals surface area contributed by atoms with Crippen molar-refractivity contribution in [2.75, 3.05) is 19.6 Å². The van der Waals surface area contributed by atoms with Gasteiger partial charge >= 0.3 is 0 Å². The third kappa shape index (κ3) is 3.89. The minimum absolute atomic E-state index is 0.772. The van der Waals surface area contributed by atoms with Crippen LogP contribution in [0.25, 0.3) is 0 Å². The van der Waals surface area contributed by atoms with Crippen LogP contribution in [0.15, 0.2) is 6.20 Å². The summed E-state index contributed by atoms with van der Waals surface area (Å²) in [4.78, 5) is 0. The summed E-state index contributed by atoms with van der Waals surface area (Å²) in [5.74, 6) is 0. The highest BCUT2D eigenvalue weighted by atomic mass is 15.1. The number of hydrogen-bond acceptors (Lipinski definition) is 3. The summed E-state index contributed by atoms with van der Waals surface area (Å²) in [6.07, 6.45) is 5.23. The van der Waals surface area contributed by atoms with Crippen LogP contribution in [0.5, 0.6) is 0 Å². The summed E-state index contributed by atoms with van der Waals surface area (Å²) in [6.45, 7) is 4.92. The zero-order valence-electron chi connectivity index (χ0n) is 8.84. The molecule has 1 aromatic rings. The van der Waals surface area contributed by atoms with E-state index in [1.807, 2.05) is 6.20 Å². The van der Waals surface area contributed by atoms with Gasteiger partial charge in [0.2, 0.25) is 0 Å². The lowest BCUT2D eigenvalue weighted by Gasteiger charge is -2.02. The topological polar surface area (TPSA) is 66.7 Å². The molecule has 0 saturated heterocycles. The largest absolute Gasteiger partial charge is 0.330 e. The van der Waals surface area contributed by atoms with Crippen molar-refractivity contribution in [3.8, 4) is 0 Å². The van der Waals surface area contributed by atoms with E-state index >= 15 is 0 Å². The van der Waals surface area contributed by atoms with Gasteiger partial charge in [0.25, 0.3) is 0 Å². The van der Waals surface area contributed by atoms with E-state index in [2.05, 4.69) is 22.4 Å². The fourth-order valence-corrected chi connectivity index (χ4v) is 1.38. The third-order valence-corrected chi connectivity index (χ3v) is 2.29. The fraction of sp³-hybridized carbons (Fsp3) is 0.700. The molecule has 4 heteroatoms. The van der Waals surface area contributed by atoms with Crippen LogP contribution < -0.4 is 11.1 Å². The van der Waals surface area contributed by atoms with Crippen molar-refractivity contribution in [1.82, 2.24) is 15.5 Å². The molecule has 0 saturated carbocycles. The van der Waals surface area contributed by atoms with Gasteiger partial charge in [0, 0.05) is 5.69 Å². The smallest absolute Gasteiger partial charge is 0.0522 e. The molecule has 0 aliphatic heterocycles. The number of aromatic amines is 1. The van der Waals surface area contributed by atoms with Crippen LogP contribution in [0, 0.1) is 6.92 Å². The van der Waals surface area contributed by atoms with Crippen molar-refractivity contribution < 1.29 is 0 Å². The average molecular weight is 196 g/mol. The van der Waals surface area contributed by atoms with E-state index in [4.69, 9.17) is 5.73 Å². The van der Waals surface area contributed by atoms with Crippen molar-refractivity contribution in [2.24, 2.45) is 5.73 Å². The van der Waals surface area contributed by atoms with Gasteiger partial charge < -0.3 is 11.1 Å². The van der Waals surface area contributed by atoms with Crippen LogP contribution in [0.2, 0.25) is 0 Å². The van der Waals surface area contributed by atoms with Crippen molar-refractivity contribution in [3.63, 3.8) is 0 Å². The van der Waals surface area contributed by atoms with E-state index in [1.165, 1.54) is 11.3 Å². The van der Waals surface area contributed by atoms with E-state index in [0.29, 0.717) is 0 Å². The lowest BCUT2D eigenvalue weighted by molar-refractivity contribution is 0.626. The molecule has 1 aromatic heterocycles. The van der Waals surface area contributed by atoms with Gasteiger partial charge in [-0.2, -0.15) is 5.10 Å². The number of rotatable bonds is 7. The number of nitrogens with zero attached hydrogens (tertiary/aromatic N) is 1. The van der Waals surface area contributed by atoms with Crippen LogP contribution in [0.4, 0.5) is 0 Å². The average Bonchev–Trinajstić information content (AvgIpc) is 2.58. The second kappa shape index (κ2) is 6.56. The minimum atomic E-state index is 0.772. The Bertz CT molecular complexity index is 244. The summed E-state index contributed by atoms with van der Waals surface area (Å²) in [5.41, 5.74) is 7.90. The third-order valence-electron chi connectivity index (χ3n) is 2.29. The summed E-state index contributed by atoms with van der Waals surface area (Å²) >= 11 is 0. The quantitative estimate of drug-likeness (QED) is 0.559. The molecule has 0 amide bonds. The number of aromatic nitrogens is 2. The molecular formula is C10H20N4. The highest BCUT2D eigenvalue weighted by Gasteiger charge is 1.98. The predicted octanol–water partition coefficient (Wildman–Crippen LogP) is 0.589. The maximum absolute atomic E-state index is 5.39. The highest BCUT2D eigenvalue weighted by molar-refractivity contribution is 5.14. The molecule has 0 aliphatic rings. The highest BCUT2D eigenvalue weighted by Crippen LogP contribution is 2.04. The van der Waals surface area contributed by atoms with Crippen LogP contribution in [-0.2, 0) is 6.42 Å². The molecule has 0 aliphatic carbocycles. The number of H-pyrrole nitrogens is 1. The molecule has 0 unspecified atom stereocenters. The van der Waals surface area contributed by atoms with Crippen molar-refractivity contribution in [2.45, 2.75) is 26.2 Å². The van der Waals surface area contributed by atoms with Gasteiger partial charge in [-0.1, -0.05) is 0 Å². The van der Waals surface area contributed by atoms with Gasteiger partial charge in [0.05, 0.1) is 6.20 Å². The van der Waals surface area contributed by atoms with Gasteiger partial charge in [-0.25, -0.2) is 0 Å². The second-order valence-corrected chi connectivity index (χ2v) is 3.52. The molecule has 1 heterocycles. The molecule has 0 radical (unpaired) electrons. The first-order chi connectivity index (χ1) is 6.84. The lowest BCUT2D eigenvalue weighted by Crippen LogP contribution is -2.19. The zero-order chi connectivity index (χ0) is 10.2. The Hall–Kier alpha value is -0.870. The number of hydrogen-bond donors (Lipinski definition) is 3. The minimum Gasteiger partial charge on any atom is -0.330 e. The van der Waals surface area contributed by atoms with Gasteiger partial charge in [-0.15, -0.1) is 0 Å². The number of nitrogens with one attached hydrogen (secondary N) is 2. The van der Waals surface area contributed by atoms with Crippen LogP contribution in [-0.4, -0.2) is 29.8 Å². The Kier molecular flexibility index (Phi) is 5.25. The monoisotopic (exact) mass is 196 g/mol. The Morgan fingerprint density at radius 1 is 1.43 bits per heavy atom. The molecule has 0 fully saturated rings. The Morgan fingerprint density at radius 2 is 2.21 bits per heavy atom. The molecular weight excluding hydrogens is 176 g/mol. The first-order valence-corrected chi connectivity index (χ1v) is 5.24. The van der Waals surface area contributed by atoms with E-state index < -0.39 is 0 Å². The van der Waals surface area contributed by atoms with Crippen LogP contribution >= 0.6 is 0 Å². The fourth-order valence-electron chi connectivity index (χ4n) is 1.38. The number of aryl methyl sites for hydroxylation is 2. The second-order valence-electron chi connectivity index (χ2n) is 3.52. The van der Waals surface area contributed by atoms with Gasteiger partial charge in [-0.05, 0) is 51.4 Å². The van der Waals surface area contributed by atoms with Crippen LogP contribution in [0.3, 0.4) is 0 Å². The molecule has 0 bridgehead atoms. The lowest BCUT2D eigenvalue weighted by atomic mass is 10.1. The van der Waals surface area contributed by atoms with E-state index in [0.717, 1.165) is 38.9 Å². The zero-order valence-corrected chi connectivity index (χ0v) is 8.84. The van der Waals surface area contributed by atoms with Gasteiger partial charge in [0.15, 0.2) is 0 Å². The molecule has 4 nitrogen and oxygen atoms in total. The standard InChI is InChI=1S/C10H20N4/c1-9-10(8-13-14-9)4-2-6-12-7-3-5-11/h8,12H,2-7,11H2,1H3,(H,13,14). The summed E-state index contributed by atoms with van der Waals surface area (Å²) < 4.78 is 0. The number of nitrogens with two attached hydrogens (primary N) is 1. The van der Waals surface area contributed by atoms with E-state index in [1.54, 1.807) is 0 Å². The summed E-state index contributed by atoms with van der Waals surface area (Å²) in [7, 11) is 0. The Balaban J connectivity index is 2.02. The molecule has 80 valence electrons. The first kappa shape index (κ1) is 11.2. The van der Waals surface area contributed by atoms with Gasteiger partial charge in [-0.3, -0.25) is 5.10 Å². The van der Waals surface area contributed by atoms with Crippen molar-refractivity contribution >= 4 is 0 Å². The molecule has 4 N–H and O–H groups in total. The Labute approximate surface area is 85.3 Å². The van der Waals surface area contributed by atoms with Crippen molar-refractivity contribution in [3.05, 3.63) is 17.5 Å². The molecule has 14 heavy (non-hydrogen) atoms. The molecule has 0 aromatic carbocycles. The maximum Gasteiger partial charge on any atom is 0.0522 e. The molecule has 0 spiro atoms. The normalized spacial score (nSPS) is 10.7. The van der Waals surface area contributed by atoms with E-state index in [-0.39, 0.29) is 0 Å². The van der Waals surface area contributed by atoms with Crippen molar-refractivity contribution in [1.29, 1.82) is 0 Å². The predicted molar refractivity (Wildman–Crippen MR) is 58.2 cm³/mol. The first-order valence-electron chi connectivity index (χ1n) is 5.24. The van der Waals surface area contributed by atoms with Gasteiger partial charge in [0.1, 0.15) is 0 Å².